The molecule has 0 spiro atoms. The lowest BCUT2D eigenvalue weighted by atomic mass is 9.75. The van der Waals surface area contributed by atoms with Crippen molar-refractivity contribution in [3.05, 3.63) is 120 Å². The van der Waals surface area contributed by atoms with Gasteiger partial charge in [0.2, 0.25) is 0 Å². The highest BCUT2D eigenvalue weighted by Gasteiger charge is 2.33. The zero-order valence-electron chi connectivity index (χ0n) is 19.7. The number of para-hydroxylation sites is 1. The number of fused-ring (bicyclic) bond motifs is 5. The minimum Gasteiger partial charge on any atom is -0.457 e. The molecule has 35 heavy (non-hydrogen) atoms. The van der Waals surface area contributed by atoms with Gasteiger partial charge in [0.15, 0.2) is 0 Å². The molecule has 2 heteroatoms. The molecule has 5 aromatic carbocycles. The zero-order valence-corrected chi connectivity index (χ0v) is 20.5. The Morgan fingerprint density at radius 3 is 2.14 bits per heavy atom. The van der Waals surface area contributed by atoms with E-state index in [4.69, 9.17) is 4.74 Å². The van der Waals surface area contributed by atoms with Crippen LogP contribution in [0.15, 0.2) is 109 Å². The molecule has 0 saturated heterocycles. The topological polar surface area (TPSA) is 9.23 Å². The maximum atomic E-state index is 6.35. The van der Waals surface area contributed by atoms with Crippen molar-refractivity contribution in [3.8, 4) is 33.8 Å². The van der Waals surface area contributed by atoms with E-state index < -0.39 is 0 Å². The predicted molar refractivity (Wildman–Crippen MR) is 149 cm³/mol. The van der Waals surface area contributed by atoms with Crippen molar-refractivity contribution >= 4 is 31.5 Å². The predicted octanol–water partition coefficient (Wildman–Crippen LogP) is 9.82. The number of hydrogen-bond donors (Lipinski definition) is 0. The number of benzene rings is 5. The summed E-state index contributed by atoms with van der Waals surface area (Å²) in [5.74, 6) is 1.90. The first-order valence-corrected chi connectivity index (χ1v) is 12.8. The molecule has 7 rings (SSSR count). The summed E-state index contributed by atoms with van der Waals surface area (Å²) in [6.07, 6.45) is 0. The van der Waals surface area contributed by atoms with Crippen molar-refractivity contribution in [1.82, 2.24) is 0 Å². The second-order valence-electron chi connectivity index (χ2n) is 9.79. The molecule has 1 aliphatic heterocycles. The van der Waals surface area contributed by atoms with Crippen molar-refractivity contribution in [2.75, 3.05) is 0 Å². The summed E-state index contributed by atoms with van der Waals surface area (Å²) < 4.78 is 9.02. The van der Waals surface area contributed by atoms with E-state index in [1.165, 1.54) is 53.6 Å². The summed E-state index contributed by atoms with van der Waals surface area (Å²) in [7, 11) is 0. The Balaban J connectivity index is 1.29. The van der Waals surface area contributed by atoms with Gasteiger partial charge in [-0.05, 0) is 46.5 Å². The highest BCUT2D eigenvalue weighted by molar-refractivity contribution is 7.25. The van der Waals surface area contributed by atoms with Gasteiger partial charge in [0.1, 0.15) is 11.5 Å². The zero-order chi connectivity index (χ0) is 23.6. The Hall–Kier alpha value is -3.88. The van der Waals surface area contributed by atoms with Gasteiger partial charge in [-0.25, -0.2) is 0 Å². The summed E-state index contributed by atoms with van der Waals surface area (Å²) in [5.41, 5.74) is 7.27. The van der Waals surface area contributed by atoms with Crippen LogP contribution in [0.1, 0.15) is 25.0 Å². The van der Waals surface area contributed by atoms with E-state index >= 15 is 0 Å². The Morgan fingerprint density at radius 1 is 0.571 bits per heavy atom. The van der Waals surface area contributed by atoms with Crippen molar-refractivity contribution in [1.29, 1.82) is 0 Å². The van der Waals surface area contributed by atoms with E-state index in [1.807, 2.05) is 17.4 Å². The van der Waals surface area contributed by atoms with Crippen LogP contribution in [0.4, 0.5) is 0 Å². The molecule has 0 saturated carbocycles. The molecule has 0 fully saturated rings. The Bertz CT molecular complexity index is 1740. The minimum absolute atomic E-state index is 0.0887. The van der Waals surface area contributed by atoms with Gasteiger partial charge in [0.25, 0.3) is 0 Å². The third-order valence-corrected chi connectivity index (χ3v) is 8.50. The highest BCUT2D eigenvalue weighted by Crippen LogP contribution is 2.48. The maximum Gasteiger partial charge on any atom is 0.132 e. The van der Waals surface area contributed by atoms with Gasteiger partial charge in [-0.2, -0.15) is 0 Å². The van der Waals surface area contributed by atoms with Crippen LogP contribution in [-0.4, -0.2) is 0 Å². The first-order valence-electron chi connectivity index (χ1n) is 12.0. The summed E-state index contributed by atoms with van der Waals surface area (Å²) in [4.78, 5) is 0. The minimum atomic E-state index is -0.0887. The van der Waals surface area contributed by atoms with Crippen LogP contribution < -0.4 is 4.74 Å². The largest absolute Gasteiger partial charge is 0.457 e. The number of thiophene rings is 1. The average molecular weight is 469 g/mol. The highest BCUT2D eigenvalue weighted by atomic mass is 32.1. The third kappa shape index (κ3) is 3.14. The standard InChI is InChI=1S/C33H24OS/c1-33(2)26-10-4-5-11-28(26)34-29-20-23(18-19-27(29)33)21-14-16-22(17-15-21)24-9-7-13-31-32(24)25-8-3-6-12-30(25)35-31/h3-20H,1-2H3. The molecule has 0 unspecified atom stereocenters. The molecule has 0 atom stereocenters. The smallest absolute Gasteiger partial charge is 0.132 e. The molecule has 0 amide bonds. The van der Waals surface area contributed by atoms with E-state index in [2.05, 4.69) is 117 Å². The van der Waals surface area contributed by atoms with Crippen molar-refractivity contribution in [2.45, 2.75) is 19.3 Å². The quantitative estimate of drug-likeness (QED) is 0.246. The second kappa shape index (κ2) is 7.56. The fraction of sp³-hybridized carbons (Fsp3) is 0.0909. The average Bonchev–Trinajstić information content (AvgIpc) is 3.27. The first kappa shape index (κ1) is 20.5. The Labute approximate surface area is 209 Å². The molecule has 1 nitrogen and oxygen atoms in total. The summed E-state index contributed by atoms with van der Waals surface area (Å²) in [5, 5.41) is 2.69. The van der Waals surface area contributed by atoms with Gasteiger partial charge in [0.05, 0.1) is 0 Å². The lowest BCUT2D eigenvalue weighted by Crippen LogP contribution is -2.24. The van der Waals surface area contributed by atoms with E-state index in [9.17, 15) is 0 Å². The van der Waals surface area contributed by atoms with Crippen LogP contribution in [0.25, 0.3) is 42.4 Å². The van der Waals surface area contributed by atoms with Gasteiger partial charge in [-0.1, -0.05) is 98.8 Å². The molecular weight excluding hydrogens is 444 g/mol. The van der Waals surface area contributed by atoms with E-state index in [0.717, 1.165) is 11.5 Å². The molecule has 0 aliphatic carbocycles. The lowest BCUT2D eigenvalue weighted by Gasteiger charge is -2.34. The molecule has 2 heterocycles. The summed E-state index contributed by atoms with van der Waals surface area (Å²) in [6.45, 7) is 4.55. The summed E-state index contributed by atoms with van der Waals surface area (Å²) >= 11 is 1.86. The fourth-order valence-corrected chi connectivity index (χ4v) is 6.63. The molecule has 6 aromatic rings. The van der Waals surface area contributed by atoms with Gasteiger partial charge in [0, 0.05) is 36.7 Å². The first-order chi connectivity index (χ1) is 17.1. The van der Waals surface area contributed by atoms with Crippen molar-refractivity contribution in [2.24, 2.45) is 0 Å². The number of hydrogen-bond acceptors (Lipinski definition) is 2. The second-order valence-corrected chi connectivity index (χ2v) is 10.9. The van der Waals surface area contributed by atoms with Crippen LogP contribution in [0.3, 0.4) is 0 Å². The van der Waals surface area contributed by atoms with Crippen LogP contribution in [0.2, 0.25) is 0 Å². The van der Waals surface area contributed by atoms with E-state index in [1.54, 1.807) is 0 Å². The van der Waals surface area contributed by atoms with Gasteiger partial charge in [-0.3, -0.25) is 0 Å². The van der Waals surface area contributed by atoms with Crippen molar-refractivity contribution in [3.63, 3.8) is 0 Å². The molecule has 0 radical (unpaired) electrons. The fourth-order valence-electron chi connectivity index (χ4n) is 5.50. The van der Waals surface area contributed by atoms with Crippen molar-refractivity contribution < 1.29 is 4.74 Å². The summed E-state index contributed by atoms with van der Waals surface area (Å²) in [6, 6.07) is 39.3. The van der Waals surface area contributed by atoms with E-state index in [-0.39, 0.29) is 5.41 Å². The van der Waals surface area contributed by atoms with Crippen LogP contribution >= 0.6 is 11.3 Å². The van der Waals surface area contributed by atoms with Gasteiger partial charge in [-0.15, -0.1) is 11.3 Å². The third-order valence-electron chi connectivity index (χ3n) is 7.37. The normalized spacial score (nSPS) is 13.9. The van der Waals surface area contributed by atoms with E-state index in [0.29, 0.717) is 0 Å². The van der Waals surface area contributed by atoms with Crippen LogP contribution in [-0.2, 0) is 5.41 Å². The Kier molecular flexibility index (Phi) is 4.43. The lowest BCUT2D eigenvalue weighted by molar-refractivity contribution is 0.418. The molecule has 0 bridgehead atoms. The molecule has 0 N–H and O–H groups in total. The monoisotopic (exact) mass is 468 g/mol. The Morgan fingerprint density at radius 2 is 1.26 bits per heavy atom. The van der Waals surface area contributed by atoms with Gasteiger partial charge >= 0.3 is 0 Å². The van der Waals surface area contributed by atoms with Crippen LogP contribution in [0.5, 0.6) is 11.5 Å². The molecule has 1 aromatic heterocycles. The molecular formula is C33H24OS. The maximum absolute atomic E-state index is 6.35. The number of ether oxygens (including phenoxy) is 1. The molecule has 168 valence electrons. The van der Waals surface area contributed by atoms with Crippen LogP contribution in [0, 0.1) is 0 Å². The number of rotatable bonds is 2. The SMILES string of the molecule is CC1(C)c2ccccc2Oc2cc(-c3ccc(-c4cccc5sc6ccccc6c45)cc3)ccc21. The molecule has 1 aliphatic rings. The van der Waals surface area contributed by atoms with Gasteiger partial charge < -0.3 is 4.74 Å².